The summed E-state index contributed by atoms with van der Waals surface area (Å²) in [6.45, 7) is 6.20. The van der Waals surface area contributed by atoms with Gasteiger partial charge in [-0.1, -0.05) is 58.1 Å². The van der Waals surface area contributed by atoms with Gasteiger partial charge in [0.1, 0.15) is 47.8 Å². The predicted molar refractivity (Wildman–Crippen MR) is 251 cm³/mol. The highest BCUT2D eigenvalue weighted by atomic mass is 16.5. The number of aryl methyl sites for hydroxylation is 1. The van der Waals surface area contributed by atoms with Crippen LogP contribution in [0.2, 0.25) is 0 Å². The zero-order valence-corrected chi connectivity index (χ0v) is 40.0. The second-order valence-corrected chi connectivity index (χ2v) is 18.6. The molecule has 3 saturated heterocycles. The fourth-order valence-corrected chi connectivity index (χ4v) is 8.92. The van der Waals surface area contributed by atoms with E-state index in [2.05, 4.69) is 33.5 Å². The fraction of sp³-hybridized carbons (Fsp3) is 0.612. The molecule has 2 aromatic carbocycles. The molecule has 380 valence electrons. The maximum absolute atomic E-state index is 14.3. The van der Waals surface area contributed by atoms with Crippen LogP contribution >= 0.6 is 0 Å². The Bertz CT molecular complexity index is 2070. The van der Waals surface area contributed by atoms with Gasteiger partial charge in [-0.05, 0) is 87.9 Å². The molecular formula is C49H71N7O13. The second-order valence-electron chi connectivity index (χ2n) is 18.6. The summed E-state index contributed by atoms with van der Waals surface area (Å²) in [5.41, 5.74) is 0.848. The number of hydrogen-bond acceptors (Lipinski definition) is 13. The Labute approximate surface area is 402 Å². The number of phenols is 1. The Hall–Kier alpha value is -5.83. The van der Waals surface area contributed by atoms with Crippen LogP contribution in [0.3, 0.4) is 0 Å². The molecule has 3 fully saturated rings. The minimum Gasteiger partial charge on any atom is -0.508 e. The quantitative estimate of drug-likeness (QED) is 0.107. The highest BCUT2D eigenvalue weighted by Gasteiger charge is 2.48. The van der Waals surface area contributed by atoms with Crippen LogP contribution in [0.15, 0.2) is 48.5 Å². The van der Waals surface area contributed by atoms with Crippen LogP contribution in [0.1, 0.15) is 108 Å². The van der Waals surface area contributed by atoms with Crippen LogP contribution in [0.4, 0.5) is 0 Å². The topological polar surface area (TPSA) is 296 Å². The molecule has 3 unspecified atom stereocenters. The molecule has 0 bridgehead atoms. The van der Waals surface area contributed by atoms with Crippen LogP contribution in [0.25, 0.3) is 0 Å². The molecule has 7 amide bonds. The van der Waals surface area contributed by atoms with Crippen molar-refractivity contribution in [1.82, 2.24) is 36.4 Å². The summed E-state index contributed by atoms with van der Waals surface area (Å²) in [6.07, 6.45) is 0.671. The maximum Gasteiger partial charge on any atom is 0.251 e. The lowest BCUT2D eigenvalue weighted by Gasteiger charge is -2.32. The number of ether oxygens (including phenoxy) is 1. The lowest BCUT2D eigenvalue weighted by atomic mass is 10.0. The molecule has 5 rings (SSSR count). The van der Waals surface area contributed by atoms with Crippen LogP contribution < -0.4 is 31.3 Å². The molecule has 20 heteroatoms. The summed E-state index contributed by atoms with van der Waals surface area (Å²) < 4.78 is 5.86. The average molecular weight is 966 g/mol. The number of nitrogens with one attached hydrogen (secondary N) is 5. The number of aromatic hydroxyl groups is 1. The zero-order valence-electron chi connectivity index (χ0n) is 40.0. The number of rotatable bonds is 15. The van der Waals surface area contributed by atoms with Crippen molar-refractivity contribution < 1.29 is 63.8 Å². The van der Waals surface area contributed by atoms with Crippen LogP contribution in [0, 0.1) is 5.92 Å². The van der Waals surface area contributed by atoms with Gasteiger partial charge in [0, 0.05) is 37.5 Å². The number of aliphatic hydroxyl groups excluding tert-OH is 4. The molecule has 3 aliphatic heterocycles. The first kappa shape index (κ1) is 54.1. The van der Waals surface area contributed by atoms with Gasteiger partial charge < -0.3 is 66.7 Å². The maximum atomic E-state index is 14.3. The van der Waals surface area contributed by atoms with Crippen molar-refractivity contribution in [3.8, 4) is 11.5 Å². The summed E-state index contributed by atoms with van der Waals surface area (Å²) in [6, 6.07) is 3.48. The van der Waals surface area contributed by atoms with Gasteiger partial charge in [0.2, 0.25) is 35.4 Å². The highest BCUT2D eigenvalue weighted by molar-refractivity contribution is 6.00. The zero-order chi connectivity index (χ0) is 50.4. The van der Waals surface area contributed by atoms with E-state index < -0.39 is 108 Å². The monoisotopic (exact) mass is 966 g/mol. The highest BCUT2D eigenvalue weighted by Crippen LogP contribution is 2.26. The van der Waals surface area contributed by atoms with Crippen molar-refractivity contribution >= 4 is 41.4 Å². The third-order valence-electron chi connectivity index (χ3n) is 13.0. The van der Waals surface area contributed by atoms with E-state index >= 15 is 0 Å². The van der Waals surface area contributed by atoms with Crippen molar-refractivity contribution in [3.05, 3.63) is 59.7 Å². The standard InChI is InChI=1S/C49H71N7O13/c1-5-6-7-8-9-10-24-69-35-20-16-32(17-21-35)43(62)51-36-12-11-23-50-47(66)41-42(61)28(2)26-56(41)49(68)40(30(4)58)54-45(64)37(22-15-31-13-18-33(59)19-14-31)52-46(65)38-25-34(60)27-55(38)48(67)39(29(3)57)53-44(36)63/h13-14,16-21,28-30,34,36-42,57-61H,5-12,15,22-27H2,1-4H3,(H,50,66)(H,51,62)(H,52,65)(H,53,63)(H,54,64)/t28?,29-,30-,34?,36?,37+,38+,39+,40+,41+,42+/m1/s1. The molecule has 3 heterocycles. The smallest absolute Gasteiger partial charge is 0.251 e. The van der Waals surface area contributed by atoms with E-state index in [0.717, 1.165) is 35.5 Å². The molecule has 0 spiro atoms. The van der Waals surface area contributed by atoms with E-state index in [9.17, 15) is 59.1 Å². The largest absolute Gasteiger partial charge is 0.508 e. The lowest BCUT2D eigenvalue weighted by molar-refractivity contribution is -0.146. The van der Waals surface area contributed by atoms with Gasteiger partial charge in [0.25, 0.3) is 5.91 Å². The van der Waals surface area contributed by atoms with E-state index in [0.29, 0.717) is 17.9 Å². The summed E-state index contributed by atoms with van der Waals surface area (Å²) in [5, 5.41) is 66.8. The Balaban J connectivity index is 1.43. The fourth-order valence-electron chi connectivity index (χ4n) is 8.92. The van der Waals surface area contributed by atoms with Gasteiger partial charge >= 0.3 is 0 Å². The van der Waals surface area contributed by atoms with Crippen LogP contribution in [-0.2, 0) is 35.2 Å². The first-order valence-electron chi connectivity index (χ1n) is 24.2. The van der Waals surface area contributed by atoms with E-state index in [1.807, 2.05) is 0 Å². The number of aliphatic hydroxyl groups is 4. The van der Waals surface area contributed by atoms with Gasteiger partial charge in [0.05, 0.1) is 31.0 Å². The predicted octanol–water partition coefficient (Wildman–Crippen LogP) is 0.158. The molecule has 0 aliphatic carbocycles. The molecule has 11 atom stereocenters. The summed E-state index contributed by atoms with van der Waals surface area (Å²) in [4.78, 5) is 101. The van der Waals surface area contributed by atoms with Crippen LogP contribution in [0.5, 0.6) is 11.5 Å². The normalized spacial score (nSPS) is 27.4. The summed E-state index contributed by atoms with van der Waals surface area (Å²) >= 11 is 0. The van der Waals surface area contributed by atoms with Gasteiger partial charge in [-0.15, -0.1) is 0 Å². The van der Waals surface area contributed by atoms with Crippen molar-refractivity contribution in [1.29, 1.82) is 0 Å². The summed E-state index contributed by atoms with van der Waals surface area (Å²) in [5.74, 6) is -5.95. The Kier molecular flexibility index (Phi) is 20.1. The third kappa shape index (κ3) is 14.8. The minimum atomic E-state index is -1.68. The number of hydrogen-bond donors (Lipinski definition) is 10. The van der Waals surface area contributed by atoms with Gasteiger partial charge in [-0.25, -0.2) is 0 Å². The van der Waals surface area contributed by atoms with E-state index in [1.165, 1.54) is 51.0 Å². The first-order chi connectivity index (χ1) is 32.9. The number of carbonyl (C=O) groups excluding carboxylic acids is 7. The first-order valence-corrected chi connectivity index (χ1v) is 24.2. The number of amides is 7. The number of unbranched alkanes of at least 4 members (excludes halogenated alkanes) is 5. The van der Waals surface area contributed by atoms with Gasteiger partial charge in [-0.2, -0.15) is 0 Å². The van der Waals surface area contributed by atoms with Crippen molar-refractivity contribution in [2.45, 2.75) is 159 Å². The Morgan fingerprint density at radius 2 is 1.41 bits per heavy atom. The molecule has 0 saturated carbocycles. The van der Waals surface area contributed by atoms with Gasteiger partial charge in [0.15, 0.2) is 0 Å². The number of phenolic OH excluding ortho intramolecular Hbond substituents is 1. The van der Waals surface area contributed by atoms with Crippen molar-refractivity contribution in [2.24, 2.45) is 5.92 Å². The van der Waals surface area contributed by atoms with Gasteiger partial charge in [-0.3, -0.25) is 33.6 Å². The molecule has 10 N–H and O–H groups in total. The number of fused-ring (bicyclic) bond motifs is 2. The molecule has 3 aliphatic rings. The Morgan fingerprint density at radius 1 is 0.783 bits per heavy atom. The lowest BCUT2D eigenvalue weighted by Crippen LogP contribution is -2.62. The number of benzene rings is 2. The Morgan fingerprint density at radius 3 is 2.06 bits per heavy atom. The third-order valence-corrected chi connectivity index (χ3v) is 13.0. The second kappa shape index (κ2) is 25.7. The summed E-state index contributed by atoms with van der Waals surface area (Å²) in [7, 11) is 0. The van der Waals surface area contributed by atoms with E-state index in [-0.39, 0.29) is 63.1 Å². The van der Waals surface area contributed by atoms with Crippen molar-refractivity contribution in [2.75, 3.05) is 26.2 Å². The SMILES string of the molecule is CCCCCCCCOc1ccc(C(=O)NC2CCCNC(=O)[C@@H]3[C@@H](O)C(C)CN3C(=O)[C@H]([C@@H](C)O)NC(=O)[C@H](CCc3ccc(O)cc3)NC(=O)[C@@H]3CC(O)CN3C(=O)[C@H]([C@@H](C)O)NC2=O)cc1. The van der Waals surface area contributed by atoms with E-state index in [1.54, 1.807) is 31.2 Å². The number of carbonyl (C=O) groups is 7. The molecule has 69 heavy (non-hydrogen) atoms. The molecule has 20 nitrogen and oxygen atoms in total. The number of nitrogens with zero attached hydrogens (tertiary/aromatic N) is 2. The molecule has 2 aromatic rings. The minimum absolute atomic E-state index is 0.00309. The molecule has 0 aromatic heterocycles. The van der Waals surface area contributed by atoms with Crippen LogP contribution in [-0.4, -0.2) is 164 Å². The molecule has 0 radical (unpaired) electrons. The molecular weight excluding hydrogens is 895 g/mol. The van der Waals surface area contributed by atoms with E-state index in [4.69, 9.17) is 4.74 Å². The van der Waals surface area contributed by atoms with Crippen molar-refractivity contribution in [3.63, 3.8) is 0 Å². The average Bonchev–Trinajstić information content (AvgIpc) is 3.86.